The number of rotatable bonds is 9. The van der Waals surface area contributed by atoms with E-state index in [4.69, 9.17) is 26.6 Å². The highest BCUT2D eigenvalue weighted by molar-refractivity contribution is 7.95. The average molecular weight is 657 g/mol. The summed E-state index contributed by atoms with van der Waals surface area (Å²) >= 11 is 0. The third kappa shape index (κ3) is 6.16. The van der Waals surface area contributed by atoms with Gasteiger partial charge in [-0.25, -0.2) is 8.42 Å². The van der Waals surface area contributed by atoms with Crippen LogP contribution in [0.25, 0.3) is 17.9 Å². The van der Waals surface area contributed by atoms with Crippen molar-refractivity contribution in [1.82, 2.24) is 0 Å². The summed E-state index contributed by atoms with van der Waals surface area (Å²) in [4.78, 5) is 0.268. The topological polar surface area (TPSA) is 161 Å². The molecule has 1 heterocycles. The van der Waals surface area contributed by atoms with Gasteiger partial charge in [-0.1, -0.05) is 144 Å². The van der Waals surface area contributed by atoms with Crippen molar-refractivity contribution < 1.29 is 23.6 Å². The first kappa shape index (κ1) is 31.8. The lowest BCUT2D eigenvalue weighted by atomic mass is 9.84. The van der Waals surface area contributed by atoms with Crippen molar-refractivity contribution in [2.45, 2.75) is 16.9 Å². The van der Waals surface area contributed by atoms with E-state index in [1.54, 1.807) is 60.7 Å². The molecule has 0 unspecified atom stereocenters. The first-order chi connectivity index (χ1) is 23.2. The summed E-state index contributed by atoms with van der Waals surface area (Å²) < 4.78 is 35.9. The van der Waals surface area contributed by atoms with Gasteiger partial charge in [0.25, 0.3) is 0 Å². The number of oxime groups is 2. The van der Waals surface area contributed by atoms with Crippen molar-refractivity contribution in [2.24, 2.45) is 21.8 Å². The Labute approximate surface area is 278 Å². The zero-order valence-corrected chi connectivity index (χ0v) is 26.5. The van der Waals surface area contributed by atoms with E-state index in [9.17, 15) is 8.42 Å². The van der Waals surface area contributed by atoms with Crippen LogP contribution in [0.2, 0.25) is 0 Å². The molecule has 10 heteroatoms. The zero-order chi connectivity index (χ0) is 33.7. The van der Waals surface area contributed by atoms with Crippen LogP contribution in [-0.4, -0.2) is 30.5 Å². The molecule has 0 aromatic heterocycles. The van der Waals surface area contributed by atoms with Gasteiger partial charge in [0.15, 0.2) is 17.3 Å². The molecule has 5 aromatic carbocycles. The normalized spacial score (nSPS) is 15.1. The molecule has 1 aliphatic heterocycles. The van der Waals surface area contributed by atoms with Crippen LogP contribution in [0.15, 0.2) is 154 Å². The lowest BCUT2D eigenvalue weighted by Crippen LogP contribution is -2.27. The first-order valence-corrected chi connectivity index (χ1v) is 16.5. The Kier molecular flexibility index (Phi) is 8.83. The van der Waals surface area contributed by atoms with Gasteiger partial charge in [0.2, 0.25) is 9.84 Å². The van der Waals surface area contributed by atoms with Crippen molar-refractivity contribution in [2.75, 3.05) is 0 Å². The minimum Gasteiger partial charge on any atom is -0.476 e. The van der Waals surface area contributed by atoms with Crippen LogP contribution in [0, 0.1) is 0 Å². The maximum Gasteiger partial charge on any atom is 0.206 e. The number of hydrogen-bond donors (Lipinski definition) is 4. The molecule has 48 heavy (non-hydrogen) atoms. The van der Waals surface area contributed by atoms with Crippen LogP contribution < -0.4 is 11.5 Å². The smallest absolute Gasteiger partial charge is 0.206 e. The monoisotopic (exact) mass is 656 g/mol. The molecule has 240 valence electrons. The first-order valence-electron chi connectivity index (χ1n) is 15.0. The Morgan fingerprint density at radius 1 is 0.646 bits per heavy atom. The molecule has 6 rings (SSSR count). The molecule has 0 aliphatic carbocycles. The summed E-state index contributed by atoms with van der Waals surface area (Å²) in [6.07, 6.45) is 3.82. The van der Waals surface area contributed by atoms with Crippen molar-refractivity contribution >= 4 is 39.4 Å². The summed E-state index contributed by atoms with van der Waals surface area (Å²) in [6.45, 7) is 0. The Balaban J connectivity index is 1.39. The highest BCUT2D eigenvalue weighted by Crippen LogP contribution is 2.52. The molecule has 0 radical (unpaired) electrons. The highest BCUT2D eigenvalue weighted by atomic mass is 32.2. The van der Waals surface area contributed by atoms with Gasteiger partial charge in [0.1, 0.15) is 5.76 Å². The van der Waals surface area contributed by atoms with E-state index in [0.717, 1.165) is 22.3 Å². The molecule has 0 bridgehead atoms. The highest BCUT2D eigenvalue weighted by Gasteiger charge is 2.48. The van der Waals surface area contributed by atoms with E-state index in [1.165, 1.54) is 0 Å². The average Bonchev–Trinajstić information content (AvgIpc) is 3.58. The maximum absolute atomic E-state index is 14.5. The van der Waals surface area contributed by atoms with Crippen LogP contribution in [0.5, 0.6) is 0 Å². The molecule has 0 atom stereocenters. The fourth-order valence-electron chi connectivity index (χ4n) is 5.68. The fraction of sp³-hybridized carbons (Fsp3) is 0.0526. The SMILES string of the molecule is N/C(=N\O)c1ccc(/C=C/c2ccc(S(=O)(=O)C3=C(c4ccc(/C(N)=N/O)cc4)OC(c4ccccc4)(c4ccccc4)C3)cc2)cc1. The quantitative estimate of drug-likeness (QED) is 0.0460. The Hall–Kier alpha value is -6.13. The van der Waals surface area contributed by atoms with Crippen LogP contribution in [0.4, 0.5) is 0 Å². The van der Waals surface area contributed by atoms with E-state index < -0.39 is 15.4 Å². The van der Waals surface area contributed by atoms with E-state index in [1.807, 2.05) is 84.9 Å². The maximum atomic E-state index is 14.5. The second kappa shape index (κ2) is 13.3. The molecule has 1 aliphatic rings. The van der Waals surface area contributed by atoms with Crippen LogP contribution in [-0.2, 0) is 20.2 Å². The standard InChI is InChI=1S/C38H32N4O5S/c39-36(41-43)29-17-13-26(14-18-29)11-12-27-15-23-33(24-16-27)48(45,46)34-25-38(31-7-3-1-4-8-31,32-9-5-2-6-10-32)47-35(34)28-19-21-30(22-20-28)37(40)42-44/h1-24,43-44H,25H2,(H2,39,41)(H2,40,42)/b12-11+. The van der Waals surface area contributed by atoms with Gasteiger partial charge in [-0.05, 0) is 23.3 Å². The van der Waals surface area contributed by atoms with E-state index in [-0.39, 0.29) is 33.7 Å². The second-order valence-corrected chi connectivity index (χ2v) is 13.1. The molecule has 6 N–H and O–H groups in total. The minimum absolute atomic E-state index is 0.0240. The second-order valence-electron chi connectivity index (χ2n) is 11.2. The third-order valence-corrected chi connectivity index (χ3v) is 10.1. The van der Waals surface area contributed by atoms with Crippen LogP contribution in [0.1, 0.15) is 45.4 Å². The third-order valence-electron chi connectivity index (χ3n) is 8.27. The molecule has 0 fully saturated rings. The van der Waals surface area contributed by atoms with Gasteiger partial charge in [-0.15, -0.1) is 0 Å². The van der Waals surface area contributed by atoms with Gasteiger partial charge in [-0.3, -0.25) is 0 Å². The molecular formula is C38H32N4O5S. The summed E-state index contributed by atoms with van der Waals surface area (Å²) in [5.41, 5.74) is 15.2. The largest absolute Gasteiger partial charge is 0.476 e. The van der Waals surface area contributed by atoms with E-state index in [2.05, 4.69) is 10.3 Å². The van der Waals surface area contributed by atoms with Crippen molar-refractivity contribution in [1.29, 1.82) is 0 Å². The van der Waals surface area contributed by atoms with Crippen LogP contribution in [0.3, 0.4) is 0 Å². The number of sulfone groups is 1. The van der Waals surface area contributed by atoms with Crippen molar-refractivity contribution in [3.8, 4) is 0 Å². The van der Waals surface area contributed by atoms with Gasteiger partial charge < -0.3 is 26.6 Å². The van der Waals surface area contributed by atoms with Gasteiger partial charge in [0.05, 0.1) is 9.80 Å². The Morgan fingerprint density at radius 3 is 1.54 bits per heavy atom. The van der Waals surface area contributed by atoms with E-state index in [0.29, 0.717) is 16.7 Å². The number of nitrogens with two attached hydrogens (primary N) is 2. The van der Waals surface area contributed by atoms with Gasteiger partial charge in [0, 0.05) is 34.2 Å². The molecule has 0 saturated heterocycles. The molecule has 0 amide bonds. The predicted octanol–water partition coefficient (Wildman–Crippen LogP) is 6.55. The summed E-state index contributed by atoms with van der Waals surface area (Å²) in [7, 11) is -4.05. The number of amidine groups is 2. The summed E-state index contributed by atoms with van der Waals surface area (Å²) in [5, 5.41) is 24.1. The number of hydrogen-bond acceptors (Lipinski definition) is 7. The number of benzene rings is 5. The molecule has 0 spiro atoms. The number of ether oxygens (including phenoxy) is 1. The van der Waals surface area contributed by atoms with E-state index >= 15 is 0 Å². The van der Waals surface area contributed by atoms with Crippen molar-refractivity contribution in [3.63, 3.8) is 0 Å². The fourth-order valence-corrected chi connectivity index (χ4v) is 7.26. The van der Waals surface area contributed by atoms with Crippen LogP contribution >= 0.6 is 0 Å². The lowest BCUT2D eigenvalue weighted by molar-refractivity contribution is 0.101. The van der Waals surface area contributed by atoms with Gasteiger partial charge in [-0.2, -0.15) is 0 Å². The Bertz CT molecular complexity index is 2100. The number of nitrogens with zero attached hydrogens (tertiary/aromatic N) is 2. The molecule has 9 nitrogen and oxygen atoms in total. The van der Waals surface area contributed by atoms with Crippen molar-refractivity contribution in [3.05, 3.63) is 177 Å². The Morgan fingerprint density at radius 2 is 1.08 bits per heavy atom. The summed E-state index contributed by atoms with van der Waals surface area (Å²) in [6, 6.07) is 39.7. The molecule has 5 aromatic rings. The lowest BCUT2D eigenvalue weighted by Gasteiger charge is -2.31. The molecular weight excluding hydrogens is 625 g/mol. The van der Waals surface area contributed by atoms with Gasteiger partial charge >= 0.3 is 0 Å². The minimum atomic E-state index is -4.05. The zero-order valence-electron chi connectivity index (χ0n) is 25.6. The summed E-state index contributed by atoms with van der Waals surface area (Å²) in [5.74, 6) is 0.189. The molecule has 0 saturated carbocycles. The predicted molar refractivity (Wildman–Crippen MR) is 187 cm³/mol.